The summed E-state index contributed by atoms with van der Waals surface area (Å²) in [6.45, 7) is 3.76. The largest absolute Gasteiger partial charge is 0.399 e. The second-order valence-corrected chi connectivity index (χ2v) is 5.39. The zero-order valence-electron chi connectivity index (χ0n) is 11.1. The molecule has 1 aromatic heterocycles. The number of anilines is 2. The molecule has 0 bridgehead atoms. The molecule has 2 heterocycles. The number of hydrogen-bond acceptors (Lipinski definition) is 4. The van der Waals surface area contributed by atoms with E-state index >= 15 is 0 Å². The number of hydrogen-bond donors (Lipinski definition) is 2. The van der Waals surface area contributed by atoms with Crippen LogP contribution in [0.15, 0.2) is 30.5 Å². The maximum absolute atomic E-state index is 10.0. The summed E-state index contributed by atoms with van der Waals surface area (Å²) >= 11 is 0. The molecule has 2 atom stereocenters. The van der Waals surface area contributed by atoms with Crippen LogP contribution in [-0.4, -0.2) is 29.3 Å². The molecule has 0 spiro atoms. The van der Waals surface area contributed by atoms with Gasteiger partial charge >= 0.3 is 0 Å². The summed E-state index contributed by atoms with van der Waals surface area (Å²) in [4.78, 5) is 6.60. The zero-order chi connectivity index (χ0) is 13.4. The van der Waals surface area contributed by atoms with Crippen LogP contribution in [0.25, 0.3) is 10.9 Å². The van der Waals surface area contributed by atoms with Crippen LogP contribution in [-0.2, 0) is 0 Å². The summed E-state index contributed by atoms with van der Waals surface area (Å²) in [5.74, 6) is 0.375. The average molecular weight is 257 g/mol. The third-order valence-electron chi connectivity index (χ3n) is 4.00. The number of aliphatic hydroxyl groups is 1. The van der Waals surface area contributed by atoms with E-state index in [1.807, 2.05) is 30.5 Å². The zero-order valence-corrected chi connectivity index (χ0v) is 11.1. The highest BCUT2D eigenvalue weighted by atomic mass is 16.3. The van der Waals surface area contributed by atoms with Crippen LogP contribution in [0.5, 0.6) is 0 Å². The number of fused-ring (bicyclic) bond motifs is 1. The summed E-state index contributed by atoms with van der Waals surface area (Å²) < 4.78 is 0. The minimum atomic E-state index is -0.259. The smallest absolute Gasteiger partial charge is 0.0743 e. The van der Waals surface area contributed by atoms with E-state index in [1.165, 1.54) is 0 Å². The van der Waals surface area contributed by atoms with E-state index < -0.39 is 0 Å². The average Bonchev–Trinajstić information content (AvgIpc) is 2.41. The second-order valence-electron chi connectivity index (χ2n) is 5.39. The van der Waals surface area contributed by atoms with E-state index in [0.717, 1.165) is 35.2 Å². The molecule has 19 heavy (non-hydrogen) atoms. The molecule has 0 radical (unpaired) electrons. The van der Waals surface area contributed by atoms with Crippen molar-refractivity contribution in [2.75, 3.05) is 23.7 Å². The van der Waals surface area contributed by atoms with Crippen molar-refractivity contribution in [3.05, 3.63) is 30.5 Å². The van der Waals surface area contributed by atoms with Gasteiger partial charge in [-0.3, -0.25) is 4.98 Å². The van der Waals surface area contributed by atoms with Crippen molar-refractivity contribution < 1.29 is 5.11 Å². The molecule has 0 aliphatic carbocycles. The fraction of sp³-hybridized carbons (Fsp3) is 0.400. The summed E-state index contributed by atoms with van der Waals surface area (Å²) in [7, 11) is 0. The fourth-order valence-corrected chi connectivity index (χ4v) is 2.69. The number of aliphatic hydroxyl groups excluding tert-OH is 1. The predicted molar refractivity (Wildman–Crippen MR) is 78.2 cm³/mol. The van der Waals surface area contributed by atoms with Gasteiger partial charge in [-0.05, 0) is 36.6 Å². The molecule has 2 unspecified atom stereocenters. The van der Waals surface area contributed by atoms with Gasteiger partial charge in [0.15, 0.2) is 0 Å². The Morgan fingerprint density at radius 2 is 2.21 bits per heavy atom. The fourth-order valence-electron chi connectivity index (χ4n) is 2.69. The van der Waals surface area contributed by atoms with E-state index in [9.17, 15) is 5.11 Å². The van der Waals surface area contributed by atoms with Gasteiger partial charge in [-0.15, -0.1) is 0 Å². The molecular formula is C15H19N3O. The van der Waals surface area contributed by atoms with Crippen LogP contribution in [0.2, 0.25) is 0 Å². The Hall–Kier alpha value is -1.81. The number of piperidine rings is 1. The molecule has 3 rings (SSSR count). The van der Waals surface area contributed by atoms with Crippen LogP contribution < -0.4 is 10.6 Å². The molecule has 1 saturated heterocycles. The highest BCUT2D eigenvalue weighted by molar-refractivity contribution is 5.93. The molecule has 4 nitrogen and oxygen atoms in total. The number of aromatic nitrogens is 1. The van der Waals surface area contributed by atoms with Crippen molar-refractivity contribution in [1.82, 2.24) is 4.98 Å². The van der Waals surface area contributed by atoms with E-state index in [0.29, 0.717) is 12.5 Å². The Kier molecular flexibility index (Phi) is 3.03. The van der Waals surface area contributed by atoms with Gasteiger partial charge in [0.05, 0.1) is 11.6 Å². The maximum atomic E-state index is 10.0. The minimum absolute atomic E-state index is 0.259. The van der Waals surface area contributed by atoms with E-state index in [4.69, 9.17) is 5.73 Å². The van der Waals surface area contributed by atoms with Crippen LogP contribution >= 0.6 is 0 Å². The molecule has 2 aromatic rings. The van der Waals surface area contributed by atoms with Gasteiger partial charge in [-0.1, -0.05) is 6.92 Å². The van der Waals surface area contributed by atoms with Crippen molar-refractivity contribution in [3.8, 4) is 0 Å². The molecule has 1 aliphatic rings. The standard InChI is InChI=1S/C15H19N3O/c1-10-5-7-18(9-15(10)19)14-4-6-17-13-8-11(16)2-3-12(13)14/h2-4,6,8,10,15,19H,5,7,9,16H2,1H3. The monoisotopic (exact) mass is 257 g/mol. The molecule has 1 aromatic carbocycles. The van der Waals surface area contributed by atoms with E-state index in [2.05, 4.69) is 16.8 Å². The first kappa shape index (κ1) is 12.2. The topological polar surface area (TPSA) is 62.4 Å². The molecule has 0 saturated carbocycles. The van der Waals surface area contributed by atoms with Gasteiger partial charge in [-0.25, -0.2) is 0 Å². The molecule has 100 valence electrons. The Labute approximate surface area is 112 Å². The normalized spacial score (nSPS) is 23.8. The van der Waals surface area contributed by atoms with Crippen molar-refractivity contribution in [1.29, 1.82) is 0 Å². The lowest BCUT2D eigenvalue weighted by Crippen LogP contribution is -2.43. The molecule has 4 heteroatoms. The van der Waals surface area contributed by atoms with Gasteiger partial charge in [0.2, 0.25) is 0 Å². The van der Waals surface area contributed by atoms with Crippen LogP contribution in [0.3, 0.4) is 0 Å². The third kappa shape index (κ3) is 2.24. The van der Waals surface area contributed by atoms with Gasteiger partial charge in [0.25, 0.3) is 0 Å². The second kappa shape index (κ2) is 4.70. The first-order valence-electron chi connectivity index (χ1n) is 6.72. The Morgan fingerprint density at radius 1 is 1.37 bits per heavy atom. The van der Waals surface area contributed by atoms with E-state index in [-0.39, 0.29) is 6.10 Å². The Morgan fingerprint density at radius 3 is 3.00 bits per heavy atom. The molecular weight excluding hydrogens is 238 g/mol. The number of pyridine rings is 1. The van der Waals surface area contributed by atoms with Crippen molar-refractivity contribution in [2.45, 2.75) is 19.4 Å². The number of nitrogen functional groups attached to an aromatic ring is 1. The molecule has 3 N–H and O–H groups in total. The number of nitrogens with zero attached hydrogens (tertiary/aromatic N) is 2. The van der Waals surface area contributed by atoms with E-state index in [1.54, 1.807) is 0 Å². The summed E-state index contributed by atoms with van der Waals surface area (Å²) in [5.41, 5.74) is 8.57. The summed E-state index contributed by atoms with van der Waals surface area (Å²) in [6.07, 6.45) is 2.56. The SMILES string of the molecule is CC1CCN(c2ccnc3cc(N)ccc23)CC1O. The van der Waals surface area contributed by atoms with Crippen molar-refractivity contribution in [3.63, 3.8) is 0 Å². The van der Waals surface area contributed by atoms with Crippen LogP contribution in [0.4, 0.5) is 11.4 Å². The number of rotatable bonds is 1. The lowest BCUT2D eigenvalue weighted by molar-refractivity contribution is 0.103. The van der Waals surface area contributed by atoms with Crippen molar-refractivity contribution >= 4 is 22.3 Å². The molecule has 0 amide bonds. The maximum Gasteiger partial charge on any atom is 0.0743 e. The molecule has 1 fully saturated rings. The first-order chi connectivity index (χ1) is 9.15. The lowest BCUT2D eigenvalue weighted by atomic mass is 9.95. The highest BCUT2D eigenvalue weighted by Gasteiger charge is 2.25. The van der Waals surface area contributed by atoms with Gasteiger partial charge in [0, 0.05) is 36.0 Å². The van der Waals surface area contributed by atoms with Gasteiger partial charge in [-0.2, -0.15) is 0 Å². The summed E-state index contributed by atoms with van der Waals surface area (Å²) in [6, 6.07) is 7.82. The predicted octanol–water partition coefficient (Wildman–Crippen LogP) is 2.02. The number of β-amino-alcohol motifs (C(OH)–C–C–N with tert-alkyl or cyclic N) is 1. The summed E-state index contributed by atoms with van der Waals surface area (Å²) in [5, 5.41) is 11.1. The van der Waals surface area contributed by atoms with Gasteiger partial charge in [0.1, 0.15) is 0 Å². The number of nitrogens with two attached hydrogens (primary N) is 1. The van der Waals surface area contributed by atoms with Crippen LogP contribution in [0.1, 0.15) is 13.3 Å². The van der Waals surface area contributed by atoms with Gasteiger partial charge < -0.3 is 15.7 Å². The quantitative estimate of drug-likeness (QED) is 0.767. The van der Waals surface area contributed by atoms with Crippen LogP contribution in [0, 0.1) is 5.92 Å². The third-order valence-corrected chi connectivity index (χ3v) is 4.00. The van der Waals surface area contributed by atoms with Crippen molar-refractivity contribution in [2.24, 2.45) is 5.92 Å². The Bertz CT molecular complexity index is 599. The highest BCUT2D eigenvalue weighted by Crippen LogP contribution is 2.30. The number of benzene rings is 1. The lowest BCUT2D eigenvalue weighted by Gasteiger charge is -2.36. The minimum Gasteiger partial charge on any atom is -0.399 e. The Balaban J connectivity index is 2.01. The first-order valence-corrected chi connectivity index (χ1v) is 6.72. The molecule has 1 aliphatic heterocycles.